The van der Waals surface area contributed by atoms with Crippen molar-refractivity contribution in [1.82, 2.24) is 4.98 Å². The van der Waals surface area contributed by atoms with Crippen LogP contribution < -0.4 is 0 Å². The molecule has 1 heterocycles. The highest BCUT2D eigenvalue weighted by atomic mass is 16.3. The molecule has 0 bridgehead atoms. The van der Waals surface area contributed by atoms with Gasteiger partial charge in [-0.2, -0.15) is 0 Å². The summed E-state index contributed by atoms with van der Waals surface area (Å²) in [5.41, 5.74) is 0.543. The summed E-state index contributed by atoms with van der Waals surface area (Å²) in [6, 6.07) is 1.74. The Balaban J connectivity index is 3.02. The van der Waals surface area contributed by atoms with Crippen molar-refractivity contribution in [2.75, 3.05) is 0 Å². The van der Waals surface area contributed by atoms with Gasteiger partial charge in [-0.25, -0.2) is 0 Å². The normalized spacial score (nSPS) is 11.7. The monoisotopic (exact) mass is 167 g/mol. The summed E-state index contributed by atoms with van der Waals surface area (Å²) in [7, 11) is 0. The third-order valence-corrected chi connectivity index (χ3v) is 1.68. The Morgan fingerprint density at radius 3 is 2.58 bits per heavy atom. The van der Waals surface area contributed by atoms with E-state index in [4.69, 9.17) is 5.11 Å². The maximum absolute atomic E-state index is 9.59. The molecule has 0 saturated heterocycles. The molecule has 0 aliphatic heterocycles. The van der Waals surface area contributed by atoms with Crippen LogP contribution in [0, 0.1) is 0 Å². The molecule has 0 unspecified atom stereocenters. The van der Waals surface area contributed by atoms with E-state index in [1.807, 2.05) is 0 Å². The molecule has 0 aromatic carbocycles. The van der Waals surface area contributed by atoms with Gasteiger partial charge in [0, 0.05) is 18.0 Å². The number of nitrogens with zero attached hydrogens (tertiary/aromatic N) is 1. The third-order valence-electron chi connectivity index (χ3n) is 1.68. The van der Waals surface area contributed by atoms with E-state index in [2.05, 4.69) is 4.98 Å². The van der Waals surface area contributed by atoms with Crippen molar-refractivity contribution in [3.63, 3.8) is 0 Å². The van der Waals surface area contributed by atoms with Crippen LogP contribution in [0.25, 0.3) is 0 Å². The Labute approximate surface area is 71.7 Å². The Kier molecular flexibility index (Phi) is 2.45. The van der Waals surface area contributed by atoms with Crippen molar-refractivity contribution in [1.29, 1.82) is 0 Å². The SMILES string of the molecule is CC(C)(O)c1cncc(CO)c1. The minimum Gasteiger partial charge on any atom is -0.392 e. The van der Waals surface area contributed by atoms with Crippen LogP contribution in [-0.4, -0.2) is 15.2 Å². The molecule has 0 atom stereocenters. The fourth-order valence-corrected chi connectivity index (χ4v) is 0.909. The quantitative estimate of drug-likeness (QED) is 0.685. The van der Waals surface area contributed by atoms with Crippen molar-refractivity contribution in [3.8, 4) is 0 Å². The number of aromatic nitrogens is 1. The first-order valence-electron chi connectivity index (χ1n) is 3.81. The van der Waals surface area contributed by atoms with E-state index in [0.29, 0.717) is 5.56 Å². The van der Waals surface area contributed by atoms with Gasteiger partial charge >= 0.3 is 0 Å². The fourth-order valence-electron chi connectivity index (χ4n) is 0.909. The number of hydrogen-bond acceptors (Lipinski definition) is 3. The highest BCUT2D eigenvalue weighted by Crippen LogP contribution is 2.18. The largest absolute Gasteiger partial charge is 0.392 e. The summed E-state index contributed by atoms with van der Waals surface area (Å²) in [6.07, 6.45) is 3.18. The average Bonchev–Trinajstić information content (AvgIpc) is 2.03. The van der Waals surface area contributed by atoms with Crippen molar-refractivity contribution in [3.05, 3.63) is 29.6 Å². The smallest absolute Gasteiger partial charge is 0.0855 e. The summed E-state index contributed by atoms with van der Waals surface area (Å²) in [5.74, 6) is 0. The third kappa shape index (κ3) is 2.03. The van der Waals surface area contributed by atoms with E-state index in [1.165, 1.54) is 0 Å². The fraction of sp³-hybridized carbons (Fsp3) is 0.444. The Hall–Kier alpha value is -0.930. The summed E-state index contributed by atoms with van der Waals surface area (Å²) < 4.78 is 0. The van der Waals surface area contributed by atoms with Gasteiger partial charge in [0.25, 0.3) is 0 Å². The average molecular weight is 167 g/mol. The molecule has 1 aromatic rings. The predicted octanol–water partition coefficient (Wildman–Crippen LogP) is 0.801. The number of pyridine rings is 1. The van der Waals surface area contributed by atoms with Crippen LogP contribution in [0.15, 0.2) is 18.5 Å². The lowest BCUT2D eigenvalue weighted by molar-refractivity contribution is 0.0780. The van der Waals surface area contributed by atoms with E-state index >= 15 is 0 Å². The van der Waals surface area contributed by atoms with Gasteiger partial charge in [-0.15, -0.1) is 0 Å². The maximum Gasteiger partial charge on any atom is 0.0855 e. The van der Waals surface area contributed by atoms with E-state index in [0.717, 1.165) is 5.56 Å². The molecule has 0 aliphatic rings. The van der Waals surface area contributed by atoms with Crippen LogP contribution in [0.4, 0.5) is 0 Å². The van der Waals surface area contributed by atoms with E-state index < -0.39 is 5.60 Å². The van der Waals surface area contributed by atoms with Crippen LogP contribution in [0.3, 0.4) is 0 Å². The summed E-state index contributed by atoms with van der Waals surface area (Å²) in [4.78, 5) is 3.90. The van der Waals surface area contributed by atoms with Gasteiger partial charge < -0.3 is 10.2 Å². The second-order valence-electron chi connectivity index (χ2n) is 3.30. The topological polar surface area (TPSA) is 53.4 Å². The molecule has 2 N–H and O–H groups in total. The molecule has 0 saturated carbocycles. The van der Waals surface area contributed by atoms with E-state index in [9.17, 15) is 5.11 Å². The molecule has 12 heavy (non-hydrogen) atoms. The Bertz CT molecular complexity index is 265. The molecule has 3 heteroatoms. The van der Waals surface area contributed by atoms with Crippen molar-refractivity contribution >= 4 is 0 Å². The highest BCUT2D eigenvalue weighted by Gasteiger charge is 2.15. The molecule has 1 rings (SSSR count). The zero-order valence-corrected chi connectivity index (χ0v) is 7.28. The molecule has 3 nitrogen and oxygen atoms in total. The zero-order chi connectivity index (χ0) is 9.19. The van der Waals surface area contributed by atoms with Crippen LogP contribution in [0.1, 0.15) is 25.0 Å². The van der Waals surface area contributed by atoms with Gasteiger partial charge in [0.05, 0.1) is 12.2 Å². The highest BCUT2D eigenvalue weighted by molar-refractivity contribution is 5.21. The van der Waals surface area contributed by atoms with Crippen molar-refractivity contribution in [2.45, 2.75) is 26.1 Å². The first-order valence-corrected chi connectivity index (χ1v) is 3.81. The summed E-state index contributed by atoms with van der Waals surface area (Å²) >= 11 is 0. The lowest BCUT2D eigenvalue weighted by Gasteiger charge is -2.17. The standard InChI is InChI=1S/C9H13NO2/c1-9(2,12)8-3-7(6-11)4-10-5-8/h3-5,11-12H,6H2,1-2H3. The summed E-state index contributed by atoms with van der Waals surface area (Å²) in [5, 5.41) is 18.4. The lowest BCUT2D eigenvalue weighted by Crippen LogP contribution is -2.16. The number of aliphatic hydroxyl groups excluding tert-OH is 1. The van der Waals surface area contributed by atoms with Gasteiger partial charge in [-0.3, -0.25) is 4.98 Å². The molecule has 0 fully saturated rings. The zero-order valence-electron chi connectivity index (χ0n) is 7.28. The van der Waals surface area contributed by atoms with Crippen LogP contribution in [0.5, 0.6) is 0 Å². The summed E-state index contributed by atoms with van der Waals surface area (Å²) in [6.45, 7) is 3.33. The molecular formula is C9H13NO2. The van der Waals surface area contributed by atoms with Gasteiger partial charge in [-0.05, 0) is 25.5 Å². The van der Waals surface area contributed by atoms with Gasteiger partial charge in [0.2, 0.25) is 0 Å². The molecule has 1 aromatic heterocycles. The molecule has 0 aliphatic carbocycles. The van der Waals surface area contributed by atoms with E-state index in [-0.39, 0.29) is 6.61 Å². The van der Waals surface area contributed by atoms with Crippen molar-refractivity contribution < 1.29 is 10.2 Å². The van der Waals surface area contributed by atoms with Gasteiger partial charge in [-0.1, -0.05) is 0 Å². The van der Waals surface area contributed by atoms with Crippen LogP contribution in [-0.2, 0) is 12.2 Å². The molecule has 0 radical (unpaired) electrons. The Morgan fingerprint density at radius 2 is 2.08 bits per heavy atom. The lowest BCUT2D eigenvalue weighted by atomic mass is 9.99. The maximum atomic E-state index is 9.59. The van der Waals surface area contributed by atoms with Gasteiger partial charge in [0.15, 0.2) is 0 Å². The Morgan fingerprint density at radius 1 is 1.42 bits per heavy atom. The second-order valence-corrected chi connectivity index (χ2v) is 3.30. The number of aliphatic hydroxyl groups is 2. The number of rotatable bonds is 2. The van der Waals surface area contributed by atoms with Gasteiger partial charge in [0.1, 0.15) is 0 Å². The van der Waals surface area contributed by atoms with Crippen molar-refractivity contribution in [2.24, 2.45) is 0 Å². The molecule has 66 valence electrons. The van der Waals surface area contributed by atoms with Crippen LogP contribution in [0.2, 0.25) is 0 Å². The molecular weight excluding hydrogens is 154 g/mol. The molecule has 0 spiro atoms. The van der Waals surface area contributed by atoms with Crippen LogP contribution >= 0.6 is 0 Å². The minimum atomic E-state index is -0.891. The number of hydrogen-bond donors (Lipinski definition) is 2. The first-order chi connectivity index (χ1) is 5.54. The second kappa shape index (κ2) is 3.21. The molecule has 0 amide bonds. The van der Waals surface area contributed by atoms with E-state index in [1.54, 1.807) is 32.3 Å². The minimum absolute atomic E-state index is 0.0447. The first kappa shape index (κ1) is 9.16. The predicted molar refractivity (Wildman–Crippen MR) is 45.4 cm³/mol.